The second-order valence-electron chi connectivity index (χ2n) is 8.50. The van der Waals surface area contributed by atoms with Gasteiger partial charge in [0.25, 0.3) is 5.92 Å². The molecule has 186 valence electrons. The van der Waals surface area contributed by atoms with Gasteiger partial charge in [0.05, 0.1) is 19.2 Å². The van der Waals surface area contributed by atoms with E-state index in [2.05, 4.69) is 10.3 Å². The number of alkyl halides is 2. The van der Waals surface area contributed by atoms with Gasteiger partial charge in [-0.25, -0.2) is 27.9 Å². The predicted molar refractivity (Wildman–Crippen MR) is 122 cm³/mol. The quantitative estimate of drug-likeness (QED) is 0.578. The first-order valence-electron chi connectivity index (χ1n) is 10.7. The molecule has 0 radical (unpaired) electrons. The number of hydrogen-bond acceptors (Lipinski definition) is 8. The molecule has 12 heteroatoms. The fourth-order valence-electron chi connectivity index (χ4n) is 4.44. The fraction of sp³-hybridized carbons (Fsp3) is 0.391. The van der Waals surface area contributed by atoms with E-state index in [4.69, 9.17) is 9.73 Å². The molecule has 35 heavy (non-hydrogen) atoms. The Morgan fingerprint density at radius 2 is 2.03 bits per heavy atom. The summed E-state index contributed by atoms with van der Waals surface area (Å²) < 4.78 is 47.3. The first-order chi connectivity index (χ1) is 16.5. The van der Waals surface area contributed by atoms with Gasteiger partial charge in [-0.3, -0.25) is 9.69 Å². The molecule has 2 N–H and O–H groups in total. The van der Waals surface area contributed by atoms with Gasteiger partial charge in [0, 0.05) is 30.2 Å². The number of likely N-dealkylation sites (tertiary alicyclic amines) is 1. The molecule has 8 nitrogen and oxygen atoms in total. The Hall–Kier alpha value is -3.25. The molecule has 3 heterocycles. The van der Waals surface area contributed by atoms with Crippen LogP contribution < -0.4 is 5.32 Å². The van der Waals surface area contributed by atoms with E-state index in [1.807, 2.05) is 0 Å². The second kappa shape index (κ2) is 9.42. The zero-order valence-corrected chi connectivity index (χ0v) is 19.7. The molecule has 0 amide bonds. The lowest BCUT2D eigenvalue weighted by Crippen LogP contribution is -2.54. The molecule has 0 aliphatic carbocycles. The van der Waals surface area contributed by atoms with Crippen LogP contribution in [0, 0.1) is 5.82 Å². The summed E-state index contributed by atoms with van der Waals surface area (Å²) in [6.07, 6.45) is 0.770. The Kier molecular flexibility index (Phi) is 6.69. The van der Waals surface area contributed by atoms with E-state index in [-0.39, 0.29) is 30.1 Å². The fourth-order valence-corrected chi connectivity index (χ4v) is 5.02. The van der Waals surface area contributed by atoms with Crippen LogP contribution in [0.5, 0.6) is 0 Å². The molecule has 0 bridgehead atoms. The van der Waals surface area contributed by atoms with Crippen molar-refractivity contribution in [3.05, 3.63) is 63.5 Å². The average Bonchev–Trinajstić information content (AvgIpc) is 3.33. The second-order valence-corrected chi connectivity index (χ2v) is 9.40. The number of aliphatic carboxylic acids is 1. The van der Waals surface area contributed by atoms with Gasteiger partial charge in [0.2, 0.25) is 0 Å². The number of carboxylic acid groups (broad SMARTS) is 1. The summed E-state index contributed by atoms with van der Waals surface area (Å²) in [7, 11) is 1.17. The van der Waals surface area contributed by atoms with Gasteiger partial charge < -0.3 is 15.2 Å². The Balaban J connectivity index is 1.87. The Morgan fingerprint density at radius 1 is 1.31 bits per heavy atom. The number of carbonyl (C=O) groups is 2. The van der Waals surface area contributed by atoms with Crippen LogP contribution in [0.3, 0.4) is 0 Å². The molecule has 2 aliphatic rings. The number of thiazole rings is 1. The summed E-state index contributed by atoms with van der Waals surface area (Å²) in [4.78, 5) is 35.0. The van der Waals surface area contributed by atoms with Crippen molar-refractivity contribution in [1.29, 1.82) is 0 Å². The summed E-state index contributed by atoms with van der Waals surface area (Å²) in [5.74, 6) is -5.31. The van der Waals surface area contributed by atoms with Crippen LogP contribution >= 0.6 is 11.3 Å². The molecule has 2 aliphatic heterocycles. The number of carboxylic acids is 1. The zero-order chi connectivity index (χ0) is 25.4. The van der Waals surface area contributed by atoms with E-state index in [1.54, 1.807) is 18.5 Å². The van der Waals surface area contributed by atoms with Crippen LogP contribution in [-0.2, 0) is 19.9 Å². The SMILES string of the molecule is COC(=O)C1=C(CN2CC(F)(F)CCC2C(=O)O)NC(c2nccs2)=N[C@@]1(C)c1ccc(F)cc1. The molecule has 1 aromatic carbocycles. The molecule has 0 saturated carbocycles. The number of halogens is 3. The molecule has 1 saturated heterocycles. The molecule has 1 unspecified atom stereocenters. The Labute approximate surface area is 203 Å². The van der Waals surface area contributed by atoms with Crippen LogP contribution in [0.25, 0.3) is 0 Å². The van der Waals surface area contributed by atoms with Gasteiger partial charge in [-0.1, -0.05) is 12.1 Å². The van der Waals surface area contributed by atoms with E-state index in [9.17, 15) is 27.9 Å². The summed E-state index contributed by atoms with van der Waals surface area (Å²) in [6.45, 7) is 0.527. The van der Waals surface area contributed by atoms with Gasteiger partial charge >= 0.3 is 11.9 Å². The number of nitrogens with zero attached hydrogens (tertiary/aromatic N) is 3. The van der Waals surface area contributed by atoms with Crippen molar-refractivity contribution in [3.8, 4) is 0 Å². The highest BCUT2D eigenvalue weighted by atomic mass is 32.1. The lowest BCUT2D eigenvalue weighted by molar-refractivity contribution is -0.151. The van der Waals surface area contributed by atoms with Crippen molar-refractivity contribution in [2.75, 3.05) is 20.2 Å². The summed E-state index contributed by atoms with van der Waals surface area (Å²) in [5, 5.41) is 14.9. The Bertz CT molecular complexity index is 1180. The first-order valence-corrected chi connectivity index (χ1v) is 11.6. The molecule has 1 fully saturated rings. The number of aliphatic imine (C=N–C) groups is 1. The van der Waals surface area contributed by atoms with Crippen molar-refractivity contribution in [2.24, 2.45) is 4.99 Å². The maximum atomic E-state index is 14.3. The van der Waals surface area contributed by atoms with E-state index < -0.39 is 48.2 Å². The molecule has 2 aromatic rings. The highest BCUT2D eigenvalue weighted by molar-refractivity contribution is 7.11. The van der Waals surface area contributed by atoms with E-state index >= 15 is 0 Å². The number of nitrogens with one attached hydrogen (secondary N) is 1. The molecule has 2 atom stereocenters. The number of piperidine rings is 1. The average molecular weight is 509 g/mol. The van der Waals surface area contributed by atoms with E-state index in [0.717, 1.165) is 4.90 Å². The number of aromatic nitrogens is 1. The van der Waals surface area contributed by atoms with Crippen molar-refractivity contribution < 1.29 is 32.6 Å². The highest BCUT2D eigenvalue weighted by Gasteiger charge is 2.46. The summed E-state index contributed by atoms with van der Waals surface area (Å²) in [6, 6.07) is 4.23. The van der Waals surface area contributed by atoms with Gasteiger partial charge in [0.15, 0.2) is 10.8 Å². The van der Waals surface area contributed by atoms with Crippen molar-refractivity contribution >= 4 is 29.1 Å². The summed E-state index contributed by atoms with van der Waals surface area (Å²) in [5.41, 5.74) is -0.789. The minimum atomic E-state index is -3.08. The zero-order valence-electron chi connectivity index (χ0n) is 18.9. The number of hydrogen-bond donors (Lipinski definition) is 2. The molecular weight excluding hydrogens is 485 g/mol. The van der Waals surface area contributed by atoms with Crippen molar-refractivity contribution in [2.45, 2.75) is 37.3 Å². The number of carbonyl (C=O) groups excluding carboxylic acids is 1. The first kappa shape index (κ1) is 24.9. The molecule has 0 spiro atoms. The largest absolute Gasteiger partial charge is 0.480 e. The topological polar surface area (TPSA) is 104 Å². The van der Waals surface area contributed by atoms with Crippen molar-refractivity contribution in [3.63, 3.8) is 0 Å². The third-order valence-electron chi connectivity index (χ3n) is 6.13. The molecule has 1 aromatic heterocycles. The number of esters is 1. The minimum absolute atomic E-state index is 0.00458. The van der Waals surface area contributed by atoms with Gasteiger partial charge in [0.1, 0.15) is 17.4 Å². The standard InChI is InChI=1S/C23H23F3N4O4S/c1-22(13-3-5-14(24)6-4-13)17(21(33)34-2)15(28-18(29-22)19-27-9-10-35-19)11-30-12-23(25,26)8-7-16(30)20(31)32/h3-6,9-10,16H,7-8,11-12H2,1-2H3,(H,28,29)(H,31,32)/t16?,22-/m0/s1. The van der Waals surface area contributed by atoms with Crippen LogP contribution in [0.4, 0.5) is 13.2 Å². The van der Waals surface area contributed by atoms with Gasteiger partial charge in [-0.05, 0) is 31.0 Å². The smallest absolute Gasteiger partial charge is 0.338 e. The summed E-state index contributed by atoms with van der Waals surface area (Å²) >= 11 is 1.27. The highest BCUT2D eigenvalue weighted by Crippen LogP contribution is 2.40. The lowest BCUT2D eigenvalue weighted by atomic mass is 9.82. The van der Waals surface area contributed by atoms with E-state index in [0.29, 0.717) is 10.6 Å². The lowest BCUT2D eigenvalue weighted by Gasteiger charge is -2.40. The van der Waals surface area contributed by atoms with Crippen LogP contribution in [0.15, 0.2) is 52.1 Å². The van der Waals surface area contributed by atoms with Gasteiger partial charge in [-0.2, -0.15) is 0 Å². The number of amidine groups is 1. The van der Waals surface area contributed by atoms with E-state index in [1.165, 1.54) is 42.7 Å². The van der Waals surface area contributed by atoms with Crippen LogP contribution in [0.1, 0.15) is 30.3 Å². The third kappa shape index (κ3) is 4.94. The normalized spacial score (nSPS) is 24.5. The maximum Gasteiger partial charge on any atom is 0.338 e. The minimum Gasteiger partial charge on any atom is -0.480 e. The molecule has 4 rings (SSSR count). The van der Waals surface area contributed by atoms with Gasteiger partial charge in [-0.15, -0.1) is 11.3 Å². The monoisotopic (exact) mass is 508 g/mol. The van der Waals surface area contributed by atoms with Crippen LogP contribution in [-0.4, -0.2) is 64.9 Å². The third-order valence-corrected chi connectivity index (χ3v) is 6.91. The number of rotatable bonds is 6. The van der Waals surface area contributed by atoms with Crippen molar-refractivity contribution in [1.82, 2.24) is 15.2 Å². The number of methoxy groups -OCH3 is 1. The Morgan fingerprint density at radius 3 is 2.63 bits per heavy atom. The van der Waals surface area contributed by atoms with Crippen LogP contribution in [0.2, 0.25) is 0 Å². The number of ether oxygens (including phenoxy) is 1. The predicted octanol–water partition coefficient (Wildman–Crippen LogP) is 3.16. The maximum absolute atomic E-state index is 14.3. The number of benzene rings is 1. The molecular formula is C23H23F3N4O4S.